The Bertz CT molecular complexity index is 1680. The van der Waals surface area contributed by atoms with Gasteiger partial charge in [0, 0.05) is 6.42 Å². The molecule has 5 N–H and O–H groups in total. The Kier molecular flexibility index (Phi) is 6.67. The highest BCUT2D eigenvalue weighted by atomic mass is 16.6. The molecule has 0 spiro atoms. The Morgan fingerprint density at radius 3 is 2.29 bits per heavy atom. The molecule has 2 aromatic heterocycles. The first-order chi connectivity index (χ1) is 19.8. The fraction of sp³-hybridized carbons (Fsp3) is 0.259. The van der Waals surface area contributed by atoms with Crippen molar-refractivity contribution in [2.45, 2.75) is 37.0 Å². The van der Waals surface area contributed by atoms with Gasteiger partial charge in [0.1, 0.15) is 24.4 Å². The van der Waals surface area contributed by atoms with Gasteiger partial charge in [0.05, 0.1) is 24.1 Å². The van der Waals surface area contributed by atoms with E-state index in [0.717, 1.165) is 4.90 Å². The molecule has 0 saturated carbocycles. The second kappa shape index (κ2) is 10.3. The lowest BCUT2D eigenvalue weighted by Gasteiger charge is -2.25. The Morgan fingerprint density at radius 2 is 1.66 bits per heavy atom. The van der Waals surface area contributed by atoms with Gasteiger partial charge in [0.15, 0.2) is 17.4 Å². The molecule has 0 aliphatic carbocycles. The number of nitrogens with one attached hydrogen (secondary N) is 2. The van der Waals surface area contributed by atoms with Gasteiger partial charge in [-0.3, -0.25) is 38.9 Å². The smallest absolute Gasteiger partial charge is 0.280 e. The summed E-state index contributed by atoms with van der Waals surface area (Å²) in [6, 6.07) is 13.8. The summed E-state index contributed by atoms with van der Waals surface area (Å²) < 4.78 is 6.73. The largest absolute Gasteiger partial charge is 0.394 e. The number of aromatic amines is 1. The molecule has 14 nitrogen and oxygen atoms in total. The van der Waals surface area contributed by atoms with Crippen LogP contribution in [0.4, 0.5) is 5.95 Å². The summed E-state index contributed by atoms with van der Waals surface area (Å²) in [7, 11) is 0. The van der Waals surface area contributed by atoms with E-state index in [9.17, 15) is 34.5 Å². The van der Waals surface area contributed by atoms with Crippen molar-refractivity contribution in [3.05, 3.63) is 88.0 Å². The predicted octanol–water partition coefficient (Wildman–Crippen LogP) is -0.423. The number of nitrogens with zero attached hydrogens (tertiary/aromatic N) is 4. The molecule has 0 unspecified atom stereocenters. The number of carbonyl (C=O) groups excluding carboxylic acids is 3. The Hall–Kier alpha value is -4.76. The van der Waals surface area contributed by atoms with Gasteiger partial charge in [-0.2, -0.15) is 4.98 Å². The maximum atomic E-state index is 13.7. The number of hydrogen-bond acceptors (Lipinski definition) is 10. The molecular formula is C27H24N6O8. The lowest BCUT2D eigenvalue weighted by molar-refractivity contribution is -0.120. The maximum Gasteiger partial charge on any atom is 0.280 e. The molecule has 6 rings (SSSR count). The molecule has 4 heterocycles. The van der Waals surface area contributed by atoms with Gasteiger partial charge >= 0.3 is 0 Å². The SMILES string of the molecule is O=C(Nc1nc2c(ncn2[C@@H]2O[C@@H](CO)[C@@H](O)[C@H]2O)c(=O)[nH]1)[C@H](Cc1ccccc1)N1C(=O)c2ccccc2C1=O. The van der Waals surface area contributed by atoms with E-state index in [-0.39, 0.29) is 34.7 Å². The predicted molar refractivity (Wildman–Crippen MR) is 141 cm³/mol. The summed E-state index contributed by atoms with van der Waals surface area (Å²) in [6.45, 7) is -0.558. The first-order valence-electron chi connectivity index (χ1n) is 12.7. The van der Waals surface area contributed by atoms with Gasteiger partial charge in [-0.1, -0.05) is 42.5 Å². The molecule has 0 radical (unpaired) electrons. The number of benzene rings is 2. The number of imide groups is 1. The molecule has 14 heteroatoms. The van der Waals surface area contributed by atoms with Crippen LogP contribution < -0.4 is 10.9 Å². The van der Waals surface area contributed by atoms with Crippen molar-refractivity contribution in [3.8, 4) is 0 Å². The number of ether oxygens (including phenoxy) is 1. The standard InChI is InChI=1S/C27H24N6O8/c34-11-17-19(35)20(36)26(41-17)32-12-28-18-21(32)29-27(31-23(18)38)30-22(37)16(10-13-6-2-1-3-7-13)33-24(39)14-8-4-5-9-15(14)25(33)40/h1-9,12,16-17,19-20,26,34-36H,10-11H2,(H2,29,30,31,37,38)/t16-,17-,19+,20+,26+/m0/s1. The zero-order chi connectivity index (χ0) is 28.8. The Balaban J connectivity index is 1.34. The quantitative estimate of drug-likeness (QED) is 0.185. The third-order valence-corrected chi connectivity index (χ3v) is 7.18. The van der Waals surface area contributed by atoms with Crippen LogP contribution in [0.3, 0.4) is 0 Å². The average molecular weight is 561 g/mol. The molecule has 1 saturated heterocycles. The summed E-state index contributed by atoms with van der Waals surface area (Å²) in [5, 5.41) is 32.5. The van der Waals surface area contributed by atoms with E-state index in [1.54, 1.807) is 42.5 Å². The molecule has 2 aliphatic rings. The molecule has 3 amide bonds. The van der Waals surface area contributed by atoms with Gasteiger partial charge in [0.25, 0.3) is 17.4 Å². The molecule has 0 bridgehead atoms. The van der Waals surface area contributed by atoms with Crippen LogP contribution >= 0.6 is 0 Å². The van der Waals surface area contributed by atoms with Crippen molar-refractivity contribution < 1.29 is 34.4 Å². The van der Waals surface area contributed by atoms with E-state index < -0.39 is 60.5 Å². The van der Waals surface area contributed by atoms with Crippen molar-refractivity contribution in [1.29, 1.82) is 0 Å². The van der Waals surface area contributed by atoms with Gasteiger partial charge < -0.3 is 20.1 Å². The van der Waals surface area contributed by atoms with Crippen molar-refractivity contribution in [3.63, 3.8) is 0 Å². The van der Waals surface area contributed by atoms with Crippen molar-refractivity contribution in [2.24, 2.45) is 0 Å². The number of anilines is 1. The van der Waals surface area contributed by atoms with Crippen LogP contribution in [-0.4, -0.2) is 88.4 Å². The van der Waals surface area contributed by atoms with Gasteiger partial charge in [-0.15, -0.1) is 0 Å². The second-order valence-corrected chi connectivity index (χ2v) is 9.69. The number of fused-ring (bicyclic) bond motifs is 2. The fourth-order valence-electron chi connectivity index (χ4n) is 5.11. The Morgan fingerprint density at radius 1 is 1.00 bits per heavy atom. The number of carbonyl (C=O) groups is 3. The molecule has 2 aromatic carbocycles. The first kappa shape index (κ1) is 26.5. The average Bonchev–Trinajstić information content (AvgIpc) is 3.60. The number of imidazole rings is 1. The zero-order valence-electron chi connectivity index (χ0n) is 21.2. The number of aromatic nitrogens is 4. The van der Waals surface area contributed by atoms with E-state index in [0.29, 0.717) is 5.56 Å². The summed E-state index contributed by atoms with van der Waals surface area (Å²) >= 11 is 0. The van der Waals surface area contributed by atoms with Crippen LogP contribution in [-0.2, 0) is 16.0 Å². The molecule has 210 valence electrons. The highest BCUT2D eigenvalue weighted by Crippen LogP contribution is 2.31. The van der Waals surface area contributed by atoms with Crippen LogP contribution in [0.2, 0.25) is 0 Å². The molecule has 4 aromatic rings. The topological polar surface area (TPSA) is 200 Å². The molecule has 2 aliphatic heterocycles. The summed E-state index contributed by atoms with van der Waals surface area (Å²) in [6.07, 6.45) is -4.00. The van der Waals surface area contributed by atoms with Crippen LogP contribution in [0.25, 0.3) is 11.2 Å². The second-order valence-electron chi connectivity index (χ2n) is 9.69. The molecule has 5 atom stereocenters. The molecular weight excluding hydrogens is 536 g/mol. The van der Waals surface area contributed by atoms with Crippen LogP contribution in [0.5, 0.6) is 0 Å². The fourth-order valence-corrected chi connectivity index (χ4v) is 5.11. The minimum absolute atomic E-state index is 0.00884. The van der Waals surface area contributed by atoms with Crippen molar-refractivity contribution in [2.75, 3.05) is 11.9 Å². The Labute approximate surface area is 230 Å². The number of rotatable bonds is 7. The minimum Gasteiger partial charge on any atom is -0.394 e. The van der Waals surface area contributed by atoms with Gasteiger partial charge in [-0.25, -0.2) is 4.98 Å². The summed E-state index contributed by atoms with van der Waals surface area (Å²) in [5.41, 5.74) is 0.0956. The number of aliphatic hydroxyl groups excluding tert-OH is 3. The molecule has 41 heavy (non-hydrogen) atoms. The normalized spacial score (nSPS) is 22.8. The third kappa shape index (κ3) is 4.48. The van der Waals surface area contributed by atoms with Crippen LogP contribution in [0, 0.1) is 0 Å². The minimum atomic E-state index is -1.47. The monoisotopic (exact) mass is 560 g/mol. The zero-order valence-corrected chi connectivity index (χ0v) is 21.2. The van der Waals surface area contributed by atoms with Crippen molar-refractivity contribution in [1.82, 2.24) is 24.4 Å². The number of H-pyrrole nitrogens is 1. The lowest BCUT2D eigenvalue weighted by Crippen LogP contribution is -2.48. The number of amides is 3. The lowest BCUT2D eigenvalue weighted by atomic mass is 10.0. The van der Waals surface area contributed by atoms with Crippen molar-refractivity contribution >= 4 is 34.8 Å². The highest BCUT2D eigenvalue weighted by Gasteiger charge is 2.45. The van der Waals surface area contributed by atoms with E-state index in [1.807, 2.05) is 0 Å². The van der Waals surface area contributed by atoms with Crippen LogP contribution in [0.1, 0.15) is 32.5 Å². The summed E-state index contributed by atoms with van der Waals surface area (Å²) in [4.78, 5) is 64.6. The number of aliphatic hydroxyl groups is 3. The van der Waals surface area contributed by atoms with Gasteiger partial charge in [0.2, 0.25) is 11.9 Å². The van der Waals surface area contributed by atoms with E-state index in [2.05, 4.69) is 20.3 Å². The molecule has 1 fully saturated rings. The van der Waals surface area contributed by atoms with Gasteiger partial charge in [-0.05, 0) is 17.7 Å². The number of hydrogen-bond donors (Lipinski definition) is 5. The highest BCUT2D eigenvalue weighted by molar-refractivity contribution is 6.23. The van der Waals surface area contributed by atoms with E-state index in [1.165, 1.54) is 23.0 Å². The third-order valence-electron chi connectivity index (χ3n) is 7.18. The summed E-state index contributed by atoms with van der Waals surface area (Å²) in [5.74, 6) is -2.34. The van der Waals surface area contributed by atoms with E-state index >= 15 is 0 Å². The van der Waals surface area contributed by atoms with E-state index in [4.69, 9.17) is 4.74 Å². The van der Waals surface area contributed by atoms with Crippen LogP contribution in [0.15, 0.2) is 65.7 Å². The first-order valence-corrected chi connectivity index (χ1v) is 12.7. The maximum absolute atomic E-state index is 13.7.